The van der Waals surface area contributed by atoms with Crippen molar-refractivity contribution in [2.45, 2.75) is 19.4 Å². The third kappa shape index (κ3) is 3.56. The predicted octanol–water partition coefficient (Wildman–Crippen LogP) is 2.74. The molecule has 0 saturated heterocycles. The average Bonchev–Trinajstić information content (AvgIpc) is 3.29. The van der Waals surface area contributed by atoms with Crippen molar-refractivity contribution >= 4 is 28.4 Å². The molecule has 3 aromatic rings. The minimum absolute atomic E-state index is 0.149. The molecule has 2 N–H and O–H groups in total. The lowest BCUT2D eigenvalue weighted by Gasteiger charge is -2.26. The molecular formula is C19H19ClF2N4O3. The number of carbonyl (C=O) groups excluding carboxylic acids is 1. The van der Waals surface area contributed by atoms with Crippen LogP contribution in [-0.2, 0) is 24.8 Å². The first kappa shape index (κ1) is 19.7. The molecule has 29 heavy (non-hydrogen) atoms. The molecule has 2 aromatic heterocycles. The van der Waals surface area contributed by atoms with Crippen LogP contribution in [0.3, 0.4) is 0 Å². The Labute approximate surface area is 169 Å². The number of nitrogens with zero attached hydrogens (tertiary/aromatic N) is 3. The Balaban J connectivity index is 1.92. The number of nitrogens with one attached hydrogen (secondary N) is 1. The van der Waals surface area contributed by atoms with Gasteiger partial charge in [-0.1, -0.05) is 11.6 Å². The minimum Gasteiger partial charge on any atom is -0.484 e. The van der Waals surface area contributed by atoms with Crippen LogP contribution in [0.1, 0.15) is 11.3 Å². The number of aryl methyl sites for hydroxylation is 1. The number of alkyl halides is 2. The number of hydrogen-bond acceptors (Lipinski definition) is 4. The summed E-state index contributed by atoms with van der Waals surface area (Å²) < 4.78 is 32.5. The Morgan fingerprint density at radius 1 is 1.48 bits per heavy atom. The molecule has 0 radical (unpaired) electrons. The Hall–Kier alpha value is -2.65. The summed E-state index contributed by atoms with van der Waals surface area (Å²) in [5.41, 5.74) is 3.59. The van der Waals surface area contributed by atoms with Crippen molar-refractivity contribution in [1.82, 2.24) is 19.7 Å². The fraction of sp³-hybridized carbons (Fsp3) is 0.368. The summed E-state index contributed by atoms with van der Waals surface area (Å²) in [5.74, 6) is -0.219. The van der Waals surface area contributed by atoms with Crippen molar-refractivity contribution in [3.63, 3.8) is 0 Å². The van der Waals surface area contributed by atoms with E-state index in [2.05, 4.69) is 10.1 Å². The topological polar surface area (TPSA) is 83.4 Å². The van der Waals surface area contributed by atoms with E-state index in [0.717, 1.165) is 16.6 Å². The second-order valence-corrected chi connectivity index (χ2v) is 7.27. The Morgan fingerprint density at radius 2 is 2.28 bits per heavy atom. The third-order valence-electron chi connectivity index (χ3n) is 4.99. The Morgan fingerprint density at radius 3 is 2.93 bits per heavy atom. The summed E-state index contributed by atoms with van der Waals surface area (Å²) >= 11 is 6.39. The van der Waals surface area contributed by atoms with Gasteiger partial charge < -0.3 is 19.7 Å². The number of aliphatic hydroxyl groups excluding tert-OH is 1. The summed E-state index contributed by atoms with van der Waals surface area (Å²) in [6.07, 6.45) is -0.320. The zero-order chi connectivity index (χ0) is 20.7. The van der Waals surface area contributed by atoms with Crippen LogP contribution in [0, 0.1) is 0 Å². The number of ether oxygens (including phenoxy) is 1. The lowest BCUT2D eigenvalue weighted by molar-refractivity contribution is -0.135. The number of aliphatic hydroxyl groups is 1. The number of rotatable bonds is 5. The molecule has 1 aliphatic rings. The summed E-state index contributed by atoms with van der Waals surface area (Å²) in [4.78, 5) is 16.8. The molecule has 1 aromatic carbocycles. The highest BCUT2D eigenvalue weighted by atomic mass is 35.5. The van der Waals surface area contributed by atoms with Gasteiger partial charge in [-0.3, -0.25) is 9.48 Å². The van der Waals surface area contributed by atoms with Gasteiger partial charge in [0.25, 0.3) is 6.43 Å². The van der Waals surface area contributed by atoms with Crippen LogP contribution in [-0.4, -0.2) is 56.9 Å². The van der Waals surface area contributed by atoms with Gasteiger partial charge in [-0.15, -0.1) is 0 Å². The van der Waals surface area contributed by atoms with E-state index in [1.807, 2.05) is 6.07 Å². The maximum atomic E-state index is 12.7. The quantitative estimate of drug-likeness (QED) is 0.659. The summed E-state index contributed by atoms with van der Waals surface area (Å²) in [6, 6.07) is 3.47. The van der Waals surface area contributed by atoms with Crippen LogP contribution in [0.5, 0.6) is 5.75 Å². The van der Waals surface area contributed by atoms with Crippen molar-refractivity contribution in [3.8, 4) is 17.0 Å². The standard InChI is InChI=1S/C19H19ClF2N4O3/c1-25-4-2-14(24-25)10-6-12(20)19(29-9-15(21)22)18-17(10)11-7-26(16(28)8-27)5-3-13(11)23-18/h2,4,6,15,23,27H,3,5,7-9H2,1H3. The second kappa shape index (κ2) is 7.64. The van der Waals surface area contributed by atoms with E-state index in [1.54, 1.807) is 28.9 Å². The minimum atomic E-state index is -2.64. The van der Waals surface area contributed by atoms with Crippen LogP contribution < -0.4 is 4.74 Å². The molecular weight excluding hydrogens is 406 g/mol. The molecule has 0 bridgehead atoms. The predicted molar refractivity (Wildman–Crippen MR) is 103 cm³/mol. The molecule has 3 heterocycles. The van der Waals surface area contributed by atoms with Crippen LogP contribution in [0.4, 0.5) is 8.78 Å². The monoisotopic (exact) mass is 424 g/mol. The molecule has 0 spiro atoms. The van der Waals surface area contributed by atoms with Crippen LogP contribution in [0.15, 0.2) is 18.3 Å². The molecule has 1 aliphatic heterocycles. The highest BCUT2D eigenvalue weighted by Gasteiger charge is 2.28. The summed E-state index contributed by atoms with van der Waals surface area (Å²) in [5, 5.41) is 14.6. The fourth-order valence-corrected chi connectivity index (χ4v) is 3.97. The van der Waals surface area contributed by atoms with Gasteiger partial charge in [0, 0.05) is 55.0 Å². The number of amides is 1. The largest absolute Gasteiger partial charge is 0.484 e. The lowest BCUT2D eigenvalue weighted by Crippen LogP contribution is -2.37. The average molecular weight is 425 g/mol. The van der Waals surface area contributed by atoms with Crippen LogP contribution >= 0.6 is 11.6 Å². The molecule has 7 nitrogen and oxygen atoms in total. The number of aromatic nitrogens is 3. The normalized spacial score (nSPS) is 13.9. The molecule has 10 heteroatoms. The van der Waals surface area contributed by atoms with Gasteiger partial charge in [-0.2, -0.15) is 5.10 Å². The van der Waals surface area contributed by atoms with E-state index in [4.69, 9.17) is 16.3 Å². The summed E-state index contributed by atoms with van der Waals surface area (Å²) in [6.45, 7) is -0.625. The molecule has 0 atom stereocenters. The van der Waals surface area contributed by atoms with Gasteiger partial charge in [-0.05, 0) is 12.1 Å². The van der Waals surface area contributed by atoms with Crippen molar-refractivity contribution in [1.29, 1.82) is 0 Å². The number of H-pyrrole nitrogens is 1. The number of fused-ring (bicyclic) bond motifs is 3. The molecule has 0 saturated carbocycles. The van der Waals surface area contributed by atoms with Gasteiger partial charge >= 0.3 is 0 Å². The highest BCUT2D eigenvalue weighted by molar-refractivity contribution is 6.34. The summed E-state index contributed by atoms with van der Waals surface area (Å²) in [7, 11) is 1.79. The lowest BCUT2D eigenvalue weighted by atomic mass is 9.98. The molecule has 154 valence electrons. The first-order chi connectivity index (χ1) is 13.9. The first-order valence-electron chi connectivity index (χ1n) is 9.04. The number of hydrogen-bond donors (Lipinski definition) is 2. The maximum absolute atomic E-state index is 12.7. The van der Waals surface area contributed by atoms with Gasteiger partial charge in [0.15, 0.2) is 5.75 Å². The highest BCUT2D eigenvalue weighted by Crippen LogP contribution is 2.43. The molecule has 0 aliphatic carbocycles. The van der Waals surface area contributed by atoms with E-state index < -0.39 is 19.6 Å². The fourth-order valence-electron chi connectivity index (χ4n) is 3.71. The maximum Gasteiger partial charge on any atom is 0.272 e. The molecule has 0 fully saturated rings. The van der Waals surface area contributed by atoms with Crippen molar-refractivity contribution < 1.29 is 23.4 Å². The third-order valence-corrected chi connectivity index (χ3v) is 5.27. The zero-order valence-corrected chi connectivity index (χ0v) is 16.3. The van der Waals surface area contributed by atoms with Crippen LogP contribution in [0.2, 0.25) is 5.02 Å². The van der Waals surface area contributed by atoms with Gasteiger partial charge in [0.1, 0.15) is 13.2 Å². The number of aromatic amines is 1. The molecule has 4 rings (SSSR count). The SMILES string of the molecule is Cn1ccc(-c2cc(Cl)c(OCC(F)F)c3[nH]c4c(c23)CN(C(=O)CO)CC4)n1. The van der Waals surface area contributed by atoms with Crippen LogP contribution in [0.25, 0.3) is 22.2 Å². The van der Waals surface area contributed by atoms with E-state index in [1.165, 1.54) is 0 Å². The number of carbonyl (C=O) groups is 1. The molecule has 0 unspecified atom stereocenters. The second-order valence-electron chi connectivity index (χ2n) is 6.87. The van der Waals surface area contributed by atoms with Gasteiger partial charge in [0.2, 0.25) is 5.91 Å². The first-order valence-corrected chi connectivity index (χ1v) is 9.42. The Kier molecular flexibility index (Phi) is 5.18. The van der Waals surface area contributed by atoms with Gasteiger partial charge in [0.05, 0.1) is 16.2 Å². The van der Waals surface area contributed by atoms with E-state index in [9.17, 15) is 18.7 Å². The van der Waals surface area contributed by atoms with Crippen molar-refractivity contribution in [2.24, 2.45) is 7.05 Å². The van der Waals surface area contributed by atoms with E-state index in [-0.39, 0.29) is 23.2 Å². The van der Waals surface area contributed by atoms with E-state index in [0.29, 0.717) is 29.7 Å². The van der Waals surface area contributed by atoms with Crippen molar-refractivity contribution in [2.75, 3.05) is 19.8 Å². The van der Waals surface area contributed by atoms with E-state index >= 15 is 0 Å². The number of halogens is 3. The zero-order valence-electron chi connectivity index (χ0n) is 15.6. The van der Waals surface area contributed by atoms with Crippen molar-refractivity contribution in [3.05, 3.63) is 34.6 Å². The number of benzene rings is 1. The smallest absolute Gasteiger partial charge is 0.272 e. The van der Waals surface area contributed by atoms with Gasteiger partial charge in [-0.25, -0.2) is 8.78 Å². The Bertz CT molecular complexity index is 1080. The molecule has 1 amide bonds.